The van der Waals surface area contributed by atoms with Crippen LogP contribution in [0.5, 0.6) is 0 Å². The highest BCUT2D eigenvalue weighted by molar-refractivity contribution is 5.89. The van der Waals surface area contributed by atoms with E-state index in [0.29, 0.717) is 0 Å². The molecule has 0 saturated heterocycles. The summed E-state index contributed by atoms with van der Waals surface area (Å²) >= 11 is 0. The molecule has 84 valence electrons. The van der Waals surface area contributed by atoms with Crippen LogP contribution in [-0.2, 0) is 4.74 Å². The van der Waals surface area contributed by atoms with Crippen LogP contribution in [0.1, 0.15) is 31.1 Å². The lowest BCUT2D eigenvalue weighted by Gasteiger charge is -2.18. The summed E-state index contributed by atoms with van der Waals surface area (Å²) in [4.78, 5) is 28.3. The molecule has 1 aromatic rings. The molecule has 1 aromatic heterocycles. The van der Waals surface area contributed by atoms with Gasteiger partial charge in [-0.25, -0.2) is 9.59 Å². The highest BCUT2D eigenvalue weighted by atomic mass is 16.6. The van der Waals surface area contributed by atoms with Crippen LogP contribution in [-0.4, -0.2) is 16.6 Å². The quantitative estimate of drug-likeness (QED) is 0.580. The molecule has 0 spiro atoms. The number of rotatable bonds is 1. The maximum atomic E-state index is 11.6. The summed E-state index contributed by atoms with van der Waals surface area (Å²) in [5.74, 6) is -0.595. The monoisotopic (exact) mass is 220 g/mol. The molecule has 0 aliphatic carbocycles. The average molecular weight is 220 g/mol. The van der Waals surface area contributed by atoms with E-state index in [-0.39, 0.29) is 11.4 Å². The zero-order chi connectivity index (χ0) is 12.3. The Labute approximate surface area is 92.9 Å². The summed E-state index contributed by atoms with van der Waals surface area (Å²) in [7, 11) is 0. The molecule has 16 heavy (non-hydrogen) atoms. The average Bonchev–Trinajstić information content (AvgIpc) is 2.14. The van der Waals surface area contributed by atoms with E-state index in [9.17, 15) is 9.59 Å². The predicted molar refractivity (Wildman–Crippen MR) is 58.5 cm³/mol. The molecule has 0 unspecified atom stereocenters. The first kappa shape index (κ1) is 12.0. The Balaban J connectivity index is 3.03. The fourth-order valence-electron chi connectivity index (χ4n) is 1.02. The van der Waals surface area contributed by atoms with Gasteiger partial charge in [-0.3, -0.25) is 4.98 Å². The number of nitrogens with one attached hydrogen (secondary N) is 1. The first-order valence-corrected chi connectivity index (χ1v) is 4.67. The van der Waals surface area contributed by atoms with E-state index < -0.39 is 17.1 Å². The molecule has 0 atom stereocenters. The number of esters is 1. The molecule has 5 heteroatoms. The number of ether oxygens (including phenoxy) is 1. The van der Waals surface area contributed by atoms with E-state index in [2.05, 4.69) is 9.83 Å². The summed E-state index contributed by atoms with van der Waals surface area (Å²) in [6.45, 7) is 11.8. The number of aromatic nitrogens is 1. The Morgan fingerprint density at radius 1 is 1.44 bits per heavy atom. The second-order valence-corrected chi connectivity index (χ2v) is 4.20. The Bertz CT molecular complexity index is 503. The van der Waals surface area contributed by atoms with Gasteiger partial charge in [0.15, 0.2) is 0 Å². The molecule has 0 saturated carbocycles. The largest absolute Gasteiger partial charge is 0.456 e. The second kappa shape index (κ2) is 4.19. The zero-order valence-corrected chi connectivity index (χ0v) is 9.33. The zero-order valence-electron chi connectivity index (χ0n) is 9.33. The van der Waals surface area contributed by atoms with Crippen molar-refractivity contribution in [3.8, 4) is 0 Å². The molecule has 1 rings (SSSR count). The van der Waals surface area contributed by atoms with Crippen LogP contribution in [0.3, 0.4) is 0 Å². The first-order valence-electron chi connectivity index (χ1n) is 4.67. The molecule has 1 heterocycles. The van der Waals surface area contributed by atoms with Crippen LogP contribution in [0, 0.1) is 6.57 Å². The fourth-order valence-corrected chi connectivity index (χ4v) is 1.02. The van der Waals surface area contributed by atoms with E-state index >= 15 is 0 Å². The molecule has 0 bridgehead atoms. The van der Waals surface area contributed by atoms with Crippen LogP contribution in [0.2, 0.25) is 0 Å². The van der Waals surface area contributed by atoms with Crippen LogP contribution in [0.4, 0.5) is 5.82 Å². The minimum atomic E-state index is -0.690. The van der Waals surface area contributed by atoms with Gasteiger partial charge in [0.25, 0.3) is 0 Å². The number of nitrogens with zero attached hydrogens (tertiary/aromatic N) is 1. The summed E-state index contributed by atoms with van der Waals surface area (Å²) in [5.41, 5.74) is -1.35. The topological polar surface area (TPSA) is 63.5 Å². The summed E-state index contributed by atoms with van der Waals surface area (Å²) < 4.78 is 5.04. The van der Waals surface area contributed by atoms with E-state index in [4.69, 9.17) is 11.3 Å². The molecule has 0 aliphatic rings. The standard InChI is InChI=1S/C11H12N2O3/c1-11(2,3)16-10(15)7-5-6-8(12-4)13-9(7)14/h5-6H,1-3H3,(H,13,14). The Morgan fingerprint density at radius 3 is 2.50 bits per heavy atom. The van der Waals surface area contributed by atoms with Crippen molar-refractivity contribution < 1.29 is 9.53 Å². The van der Waals surface area contributed by atoms with Gasteiger partial charge in [-0.15, -0.1) is 0 Å². The maximum Gasteiger partial charge on any atom is 0.346 e. The van der Waals surface area contributed by atoms with Gasteiger partial charge < -0.3 is 9.58 Å². The van der Waals surface area contributed by atoms with Crippen LogP contribution in [0.25, 0.3) is 4.85 Å². The van der Waals surface area contributed by atoms with Gasteiger partial charge in [-0.05, 0) is 32.9 Å². The third-order valence-electron chi connectivity index (χ3n) is 1.63. The van der Waals surface area contributed by atoms with Crippen molar-refractivity contribution in [2.45, 2.75) is 26.4 Å². The lowest BCUT2D eigenvalue weighted by molar-refractivity contribution is 0.00676. The molecule has 0 aromatic carbocycles. The minimum absolute atomic E-state index is 0.0947. The van der Waals surface area contributed by atoms with Crippen molar-refractivity contribution in [1.29, 1.82) is 0 Å². The molecular weight excluding hydrogens is 208 g/mol. The molecule has 0 fully saturated rings. The number of carbonyl (C=O) groups is 1. The number of pyridine rings is 1. The Hall–Kier alpha value is -2.09. The number of carbonyl (C=O) groups excluding carboxylic acids is 1. The lowest BCUT2D eigenvalue weighted by atomic mass is 10.2. The van der Waals surface area contributed by atoms with Gasteiger partial charge in [0.05, 0.1) is 0 Å². The van der Waals surface area contributed by atoms with Gasteiger partial charge in [-0.2, -0.15) is 0 Å². The molecule has 0 radical (unpaired) electrons. The number of hydrogen-bond donors (Lipinski definition) is 1. The SMILES string of the molecule is [C-]#[N+]c1ccc(C(=O)OC(C)(C)C)c(=O)[nH]1. The van der Waals surface area contributed by atoms with Crippen LogP contribution in [0.15, 0.2) is 16.9 Å². The normalized spacial score (nSPS) is 10.6. The molecule has 0 amide bonds. The van der Waals surface area contributed by atoms with E-state index in [1.165, 1.54) is 12.1 Å². The highest BCUT2D eigenvalue weighted by Crippen LogP contribution is 2.11. The van der Waals surface area contributed by atoms with Crippen molar-refractivity contribution in [1.82, 2.24) is 4.98 Å². The molecule has 1 N–H and O–H groups in total. The Morgan fingerprint density at radius 2 is 2.06 bits per heavy atom. The van der Waals surface area contributed by atoms with Gasteiger partial charge in [0, 0.05) is 0 Å². The molecule has 5 nitrogen and oxygen atoms in total. The Kier molecular flexibility index (Phi) is 3.14. The lowest BCUT2D eigenvalue weighted by Crippen LogP contribution is -2.27. The third-order valence-corrected chi connectivity index (χ3v) is 1.63. The molecular formula is C11H12N2O3. The van der Waals surface area contributed by atoms with Gasteiger partial charge in [0.2, 0.25) is 5.82 Å². The van der Waals surface area contributed by atoms with Crippen molar-refractivity contribution in [3.05, 3.63) is 39.5 Å². The highest BCUT2D eigenvalue weighted by Gasteiger charge is 2.20. The minimum Gasteiger partial charge on any atom is -0.456 e. The summed E-state index contributed by atoms with van der Waals surface area (Å²) in [6, 6.07) is 2.66. The molecule has 0 aliphatic heterocycles. The van der Waals surface area contributed by atoms with E-state index in [0.717, 1.165) is 0 Å². The van der Waals surface area contributed by atoms with Gasteiger partial charge in [-0.1, -0.05) is 6.57 Å². The summed E-state index contributed by atoms with van der Waals surface area (Å²) in [6.07, 6.45) is 0. The van der Waals surface area contributed by atoms with E-state index in [1.807, 2.05) is 0 Å². The van der Waals surface area contributed by atoms with Crippen molar-refractivity contribution in [3.63, 3.8) is 0 Å². The van der Waals surface area contributed by atoms with Crippen molar-refractivity contribution >= 4 is 11.8 Å². The summed E-state index contributed by atoms with van der Waals surface area (Å²) in [5, 5.41) is 0. The number of H-pyrrole nitrogens is 1. The third kappa shape index (κ3) is 2.95. The van der Waals surface area contributed by atoms with Crippen molar-refractivity contribution in [2.24, 2.45) is 0 Å². The second-order valence-electron chi connectivity index (χ2n) is 4.20. The number of hydrogen-bond acceptors (Lipinski definition) is 3. The number of aromatic amines is 1. The van der Waals surface area contributed by atoms with Gasteiger partial charge in [0.1, 0.15) is 11.2 Å². The van der Waals surface area contributed by atoms with Gasteiger partial charge >= 0.3 is 11.5 Å². The maximum absolute atomic E-state index is 11.6. The van der Waals surface area contributed by atoms with Crippen molar-refractivity contribution in [2.75, 3.05) is 0 Å². The van der Waals surface area contributed by atoms with Crippen LogP contribution < -0.4 is 5.56 Å². The fraction of sp³-hybridized carbons (Fsp3) is 0.364. The first-order chi connectivity index (χ1) is 7.33. The smallest absolute Gasteiger partial charge is 0.346 e. The predicted octanol–water partition coefficient (Wildman–Crippen LogP) is 1.88. The van der Waals surface area contributed by atoms with E-state index in [1.54, 1.807) is 20.8 Å². The van der Waals surface area contributed by atoms with Crippen LogP contribution >= 0.6 is 0 Å².